The van der Waals surface area contributed by atoms with Gasteiger partial charge in [0.25, 0.3) is 0 Å². The molecule has 0 aliphatic rings. The van der Waals surface area contributed by atoms with Crippen LogP contribution in [0, 0.1) is 6.92 Å². The number of aromatic nitrogens is 3. The van der Waals surface area contributed by atoms with Crippen molar-refractivity contribution in [3.8, 4) is 0 Å². The fraction of sp³-hybridized carbons (Fsp3) is 0.222. The number of hydrogen-bond donors (Lipinski definition) is 1. The van der Waals surface area contributed by atoms with Crippen LogP contribution in [0.3, 0.4) is 0 Å². The summed E-state index contributed by atoms with van der Waals surface area (Å²) in [5.74, 6) is 0.653. The first-order valence-corrected chi connectivity index (χ1v) is 5.14. The van der Waals surface area contributed by atoms with E-state index in [1.807, 2.05) is 12.4 Å². The smallest absolute Gasteiger partial charge is 0.222 e. The SMILES string of the molecule is Cc1ncsc1CNc1ncccn1. The molecule has 0 fully saturated rings. The molecule has 0 bridgehead atoms. The number of nitrogens with one attached hydrogen (secondary N) is 1. The minimum absolute atomic E-state index is 0.653. The van der Waals surface area contributed by atoms with Crippen molar-refractivity contribution in [1.29, 1.82) is 0 Å². The zero-order valence-corrected chi connectivity index (χ0v) is 8.58. The summed E-state index contributed by atoms with van der Waals surface area (Å²) in [5, 5.41) is 3.14. The molecule has 5 heteroatoms. The lowest BCUT2D eigenvalue weighted by Crippen LogP contribution is -2.02. The molecule has 2 rings (SSSR count). The molecule has 0 unspecified atom stereocenters. The van der Waals surface area contributed by atoms with Crippen molar-refractivity contribution in [2.45, 2.75) is 13.5 Å². The number of anilines is 1. The molecule has 0 saturated heterocycles. The number of aryl methyl sites for hydroxylation is 1. The average molecular weight is 206 g/mol. The fourth-order valence-corrected chi connectivity index (χ4v) is 1.76. The van der Waals surface area contributed by atoms with E-state index in [1.54, 1.807) is 29.8 Å². The van der Waals surface area contributed by atoms with Gasteiger partial charge in [0.1, 0.15) is 0 Å². The van der Waals surface area contributed by atoms with Crippen molar-refractivity contribution < 1.29 is 0 Å². The van der Waals surface area contributed by atoms with Gasteiger partial charge in [-0.3, -0.25) is 0 Å². The Kier molecular flexibility index (Phi) is 2.69. The van der Waals surface area contributed by atoms with Gasteiger partial charge in [0.05, 0.1) is 17.7 Å². The second kappa shape index (κ2) is 4.15. The molecule has 0 aliphatic heterocycles. The van der Waals surface area contributed by atoms with Crippen LogP contribution in [0.15, 0.2) is 24.0 Å². The summed E-state index contributed by atoms with van der Waals surface area (Å²) in [5.41, 5.74) is 2.91. The van der Waals surface area contributed by atoms with Crippen molar-refractivity contribution in [3.63, 3.8) is 0 Å². The van der Waals surface area contributed by atoms with Gasteiger partial charge in [-0.25, -0.2) is 15.0 Å². The van der Waals surface area contributed by atoms with Gasteiger partial charge in [0.15, 0.2) is 0 Å². The first kappa shape index (κ1) is 9.08. The third-order valence-electron chi connectivity index (χ3n) is 1.82. The van der Waals surface area contributed by atoms with E-state index in [9.17, 15) is 0 Å². The van der Waals surface area contributed by atoms with Crippen LogP contribution in [0.5, 0.6) is 0 Å². The highest BCUT2D eigenvalue weighted by Crippen LogP contribution is 2.12. The molecule has 2 aromatic rings. The summed E-state index contributed by atoms with van der Waals surface area (Å²) in [7, 11) is 0. The predicted octanol–water partition coefficient (Wildman–Crippen LogP) is 1.85. The van der Waals surface area contributed by atoms with Crippen molar-refractivity contribution in [3.05, 3.63) is 34.5 Å². The van der Waals surface area contributed by atoms with Crippen molar-refractivity contribution in [1.82, 2.24) is 15.0 Å². The molecule has 1 N–H and O–H groups in total. The van der Waals surface area contributed by atoms with Gasteiger partial charge in [0, 0.05) is 17.3 Å². The molecule has 2 heterocycles. The van der Waals surface area contributed by atoms with Crippen molar-refractivity contribution in [2.75, 3.05) is 5.32 Å². The van der Waals surface area contributed by atoms with Crippen molar-refractivity contribution >= 4 is 17.3 Å². The highest BCUT2D eigenvalue weighted by atomic mass is 32.1. The lowest BCUT2D eigenvalue weighted by Gasteiger charge is -2.01. The third-order valence-corrected chi connectivity index (χ3v) is 2.75. The van der Waals surface area contributed by atoms with Crippen LogP contribution in [0.4, 0.5) is 5.95 Å². The Labute approximate surface area is 86.1 Å². The van der Waals surface area contributed by atoms with E-state index in [2.05, 4.69) is 20.3 Å². The van der Waals surface area contributed by atoms with Gasteiger partial charge in [0.2, 0.25) is 5.95 Å². The van der Waals surface area contributed by atoms with Gasteiger partial charge in [-0.15, -0.1) is 11.3 Å². The van der Waals surface area contributed by atoms with Crippen LogP contribution >= 0.6 is 11.3 Å². The molecule has 4 nitrogen and oxygen atoms in total. The molecule has 0 atom stereocenters. The largest absolute Gasteiger partial charge is 0.349 e. The summed E-state index contributed by atoms with van der Waals surface area (Å²) in [4.78, 5) is 13.5. The molecular weight excluding hydrogens is 196 g/mol. The Morgan fingerprint density at radius 2 is 2.07 bits per heavy atom. The number of nitrogens with zero attached hydrogens (tertiary/aromatic N) is 3. The Bertz CT molecular complexity index is 398. The maximum atomic E-state index is 4.17. The lowest BCUT2D eigenvalue weighted by atomic mass is 10.4. The first-order valence-electron chi connectivity index (χ1n) is 4.26. The van der Waals surface area contributed by atoms with Crippen LogP contribution in [-0.2, 0) is 6.54 Å². The van der Waals surface area contributed by atoms with Crippen LogP contribution in [0.2, 0.25) is 0 Å². The predicted molar refractivity (Wildman–Crippen MR) is 56.2 cm³/mol. The summed E-state index contributed by atoms with van der Waals surface area (Å²) < 4.78 is 0. The van der Waals surface area contributed by atoms with Crippen LogP contribution in [0.25, 0.3) is 0 Å². The number of thiazole rings is 1. The maximum absolute atomic E-state index is 4.17. The average Bonchev–Trinajstić information content (AvgIpc) is 2.63. The fourth-order valence-electron chi connectivity index (χ4n) is 1.05. The Morgan fingerprint density at radius 3 is 2.71 bits per heavy atom. The lowest BCUT2D eigenvalue weighted by molar-refractivity contribution is 1.05. The molecule has 0 aromatic carbocycles. The van der Waals surface area contributed by atoms with E-state index in [4.69, 9.17) is 0 Å². The van der Waals surface area contributed by atoms with Crippen molar-refractivity contribution in [2.24, 2.45) is 0 Å². The van der Waals surface area contributed by atoms with Crippen LogP contribution < -0.4 is 5.32 Å². The van der Waals surface area contributed by atoms with E-state index in [1.165, 1.54) is 4.88 Å². The summed E-state index contributed by atoms with van der Waals surface area (Å²) >= 11 is 1.64. The molecule has 0 saturated carbocycles. The standard InChI is InChI=1S/C9H10N4S/c1-7-8(14-6-13-7)5-12-9-10-3-2-4-11-9/h2-4,6H,5H2,1H3,(H,10,11,12). The molecule has 72 valence electrons. The number of rotatable bonds is 3. The zero-order chi connectivity index (χ0) is 9.80. The second-order valence-corrected chi connectivity index (χ2v) is 3.73. The molecule has 0 radical (unpaired) electrons. The molecular formula is C9H10N4S. The van der Waals surface area contributed by atoms with Gasteiger partial charge in [-0.1, -0.05) is 0 Å². The van der Waals surface area contributed by atoms with Gasteiger partial charge >= 0.3 is 0 Å². The summed E-state index contributed by atoms with van der Waals surface area (Å²) in [6, 6.07) is 1.79. The van der Waals surface area contributed by atoms with E-state index < -0.39 is 0 Å². The highest BCUT2D eigenvalue weighted by Gasteiger charge is 2.01. The van der Waals surface area contributed by atoms with Gasteiger partial charge in [-0.2, -0.15) is 0 Å². The topological polar surface area (TPSA) is 50.7 Å². The normalized spacial score (nSPS) is 10.1. The van der Waals surface area contributed by atoms with Crippen LogP contribution in [0.1, 0.15) is 10.6 Å². The molecule has 2 aromatic heterocycles. The van der Waals surface area contributed by atoms with E-state index in [0.717, 1.165) is 12.2 Å². The summed E-state index contributed by atoms with van der Waals surface area (Å²) in [6.45, 7) is 2.74. The Hall–Kier alpha value is -1.49. The minimum Gasteiger partial charge on any atom is -0.349 e. The molecule has 14 heavy (non-hydrogen) atoms. The maximum Gasteiger partial charge on any atom is 0.222 e. The van der Waals surface area contributed by atoms with E-state index in [0.29, 0.717) is 5.95 Å². The van der Waals surface area contributed by atoms with E-state index >= 15 is 0 Å². The minimum atomic E-state index is 0.653. The zero-order valence-electron chi connectivity index (χ0n) is 7.77. The first-order chi connectivity index (χ1) is 6.86. The molecule has 0 spiro atoms. The summed E-state index contributed by atoms with van der Waals surface area (Å²) in [6.07, 6.45) is 3.43. The Balaban J connectivity index is 1.99. The van der Waals surface area contributed by atoms with Crippen LogP contribution in [-0.4, -0.2) is 15.0 Å². The molecule has 0 amide bonds. The second-order valence-electron chi connectivity index (χ2n) is 2.79. The van der Waals surface area contributed by atoms with Gasteiger partial charge in [-0.05, 0) is 13.0 Å². The molecule has 0 aliphatic carbocycles. The monoisotopic (exact) mass is 206 g/mol. The quantitative estimate of drug-likeness (QED) is 0.832. The van der Waals surface area contributed by atoms with Gasteiger partial charge < -0.3 is 5.32 Å². The van der Waals surface area contributed by atoms with E-state index in [-0.39, 0.29) is 0 Å². The third kappa shape index (κ3) is 2.05. The number of hydrogen-bond acceptors (Lipinski definition) is 5. The highest BCUT2D eigenvalue weighted by molar-refractivity contribution is 7.09. The Morgan fingerprint density at radius 1 is 1.29 bits per heavy atom.